The molecule has 1 aromatic carbocycles. The number of rotatable bonds is 12. The lowest BCUT2D eigenvalue weighted by molar-refractivity contribution is 0.290. The van der Waals surface area contributed by atoms with E-state index >= 15 is 0 Å². The fourth-order valence-corrected chi connectivity index (χ4v) is 3.25. The van der Waals surface area contributed by atoms with Crippen LogP contribution in [0.3, 0.4) is 0 Å². The van der Waals surface area contributed by atoms with Crippen LogP contribution in [0.25, 0.3) is 0 Å². The summed E-state index contributed by atoms with van der Waals surface area (Å²) >= 11 is 0. The summed E-state index contributed by atoms with van der Waals surface area (Å²) in [6, 6.07) is 14.4. The van der Waals surface area contributed by atoms with Crippen LogP contribution >= 0.6 is 24.0 Å². The van der Waals surface area contributed by atoms with Gasteiger partial charge in [0.05, 0.1) is 0 Å². The first kappa shape index (κ1) is 27.2. The van der Waals surface area contributed by atoms with Crippen LogP contribution in [0.5, 0.6) is 5.88 Å². The van der Waals surface area contributed by atoms with Crippen LogP contribution in [-0.2, 0) is 13.2 Å². The number of nitrogens with one attached hydrogen (secondary N) is 2. The molecule has 0 aliphatic heterocycles. The predicted octanol–water partition coefficient (Wildman–Crippen LogP) is 4.45. The average Bonchev–Trinajstić information content (AvgIpc) is 2.79. The molecule has 0 saturated heterocycles. The Bertz CT molecular complexity index is 753. The molecule has 172 valence electrons. The van der Waals surface area contributed by atoms with Gasteiger partial charge in [-0.1, -0.05) is 50.2 Å². The van der Waals surface area contributed by atoms with Gasteiger partial charge in [0.1, 0.15) is 6.61 Å². The molecule has 7 heteroatoms. The summed E-state index contributed by atoms with van der Waals surface area (Å²) in [5.74, 6) is 1.44. The molecule has 1 atom stereocenters. The van der Waals surface area contributed by atoms with E-state index in [-0.39, 0.29) is 24.0 Å². The van der Waals surface area contributed by atoms with Crippen LogP contribution in [-0.4, -0.2) is 48.6 Å². The normalized spacial score (nSPS) is 12.2. The molecule has 2 aromatic rings. The molecule has 1 unspecified atom stereocenters. The summed E-state index contributed by atoms with van der Waals surface area (Å²) < 4.78 is 5.95. The van der Waals surface area contributed by atoms with Crippen molar-refractivity contribution in [2.75, 3.05) is 26.7 Å². The third-order valence-electron chi connectivity index (χ3n) is 5.13. The van der Waals surface area contributed by atoms with Gasteiger partial charge in [0.25, 0.3) is 0 Å². The average molecular weight is 540 g/mol. The molecule has 0 radical (unpaired) electrons. The number of benzene rings is 1. The number of aromatic nitrogens is 1. The van der Waals surface area contributed by atoms with Crippen molar-refractivity contribution in [1.82, 2.24) is 20.5 Å². The monoisotopic (exact) mass is 539 g/mol. The largest absolute Gasteiger partial charge is 0.473 e. The Hall–Kier alpha value is -1.87. The van der Waals surface area contributed by atoms with Crippen molar-refractivity contribution in [2.45, 2.75) is 52.8 Å². The maximum Gasteiger partial charge on any atom is 0.218 e. The number of halogens is 1. The van der Waals surface area contributed by atoms with Gasteiger partial charge in [-0.3, -0.25) is 4.99 Å². The molecule has 6 nitrogen and oxygen atoms in total. The maximum absolute atomic E-state index is 5.95. The zero-order valence-corrected chi connectivity index (χ0v) is 21.6. The summed E-state index contributed by atoms with van der Waals surface area (Å²) in [4.78, 5) is 11.2. The standard InChI is InChI=1S/C24H37N5O.HI/c1-5-29(6-2)17-11-12-20(3)28-24(25-4)27-18-22-15-10-16-26-23(22)30-19-21-13-8-7-9-14-21;/h7-10,13-16,20H,5-6,11-12,17-19H2,1-4H3,(H2,25,27,28);1H. The second-order valence-electron chi connectivity index (χ2n) is 7.38. The lowest BCUT2D eigenvalue weighted by Crippen LogP contribution is -2.42. The third kappa shape index (κ3) is 10.3. The van der Waals surface area contributed by atoms with E-state index in [4.69, 9.17) is 4.74 Å². The van der Waals surface area contributed by atoms with Gasteiger partial charge < -0.3 is 20.3 Å². The van der Waals surface area contributed by atoms with Crippen LogP contribution < -0.4 is 15.4 Å². The molecule has 0 aliphatic carbocycles. The zero-order valence-electron chi connectivity index (χ0n) is 19.3. The highest BCUT2D eigenvalue weighted by Crippen LogP contribution is 2.16. The number of ether oxygens (including phenoxy) is 1. The highest BCUT2D eigenvalue weighted by atomic mass is 127. The van der Waals surface area contributed by atoms with E-state index in [2.05, 4.69) is 46.3 Å². The van der Waals surface area contributed by atoms with Crippen LogP contribution in [0.15, 0.2) is 53.7 Å². The second-order valence-corrected chi connectivity index (χ2v) is 7.38. The minimum absolute atomic E-state index is 0. The van der Waals surface area contributed by atoms with Crippen LogP contribution in [0.1, 0.15) is 44.7 Å². The van der Waals surface area contributed by atoms with Crippen LogP contribution in [0, 0.1) is 0 Å². The summed E-state index contributed by atoms with van der Waals surface area (Å²) in [5, 5.41) is 6.87. The minimum Gasteiger partial charge on any atom is -0.473 e. The predicted molar refractivity (Wildman–Crippen MR) is 140 cm³/mol. The smallest absolute Gasteiger partial charge is 0.218 e. The molecule has 0 aliphatic rings. The van der Waals surface area contributed by atoms with Crippen LogP contribution in [0.2, 0.25) is 0 Å². The fraction of sp³-hybridized carbons (Fsp3) is 0.500. The van der Waals surface area contributed by atoms with Gasteiger partial charge in [-0.2, -0.15) is 0 Å². The van der Waals surface area contributed by atoms with Crippen molar-refractivity contribution < 1.29 is 4.74 Å². The lowest BCUT2D eigenvalue weighted by Gasteiger charge is -2.21. The number of aliphatic imine (C=N–C) groups is 1. The van der Waals surface area contributed by atoms with Gasteiger partial charge >= 0.3 is 0 Å². The van der Waals surface area contributed by atoms with Crippen LogP contribution in [0.4, 0.5) is 0 Å². The molecule has 0 bridgehead atoms. The highest BCUT2D eigenvalue weighted by Gasteiger charge is 2.09. The van der Waals surface area contributed by atoms with Crippen molar-refractivity contribution in [3.8, 4) is 5.88 Å². The van der Waals surface area contributed by atoms with Gasteiger partial charge in [-0.05, 0) is 51.0 Å². The quantitative estimate of drug-likeness (QED) is 0.237. The molecular weight excluding hydrogens is 501 g/mol. The number of nitrogens with zero attached hydrogens (tertiary/aromatic N) is 3. The van der Waals surface area contributed by atoms with E-state index in [0.717, 1.165) is 43.1 Å². The van der Waals surface area contributed by atoms with E-state index in [1.54, 1.807) is 13.2 Å². The van der Waals surface area contributed by atoms with Gasteiger partial charge in [-0.15, -0.1) is 24.0 Å². The Kier molecular flexibility index (Phi) is 13.9. The summed E-state index contributed by atoms with van der Waals surface area (Å²) in [6.45, 7) is 11.1. The molecule has 2 rings (SSSR count). The first-order chi connectivity index (χ1) is 14.7. The van der Waals surface area contributed by atoms with E-state index in [1.807, 2.05) is 42.5 Å². The number of guanidine groups is 1. The zero-order chi connectivity index (χ0) is 21.6. The molecule has 0 fully saturated rings. The van der Waals surface area contributed by atoms with Gasteiger partial charge in [-0.25, -0.2) is 4.98 Å². The lowest BCUT2D eigenvalue weighted by atomic mass is 10.2. The summed E-state index contributed by atoms with van der Waals surface area (Å²) in [6.07, 6.45) is 4.04. The Morgan fingerprint density at radius 1 is 1.13 bits per heavy atom. The summed E-state index contributed by atoms with van der Waals surface area (Å²) in [5.41, 5.74) is 2.13. The molecule has 31 heavy (non-hydrogen) atoms. The van der Waals surface area contributed by atoms with E-state index in [9.17, 15) is 0 Å². The van der Waals surface area contributed by atoms with Gasteiger partial charge in [0, 0.05) is 31.4 Å². The Balaban J connectivity index is 0.00000480. The van der Waals surface area contributed by atoms with Crippen molar-refractivity contribution in [1.29, 1.82) is 0 Å². The first-order valence-electron chi connectivity index (χ1n) is 11.0. The summed E-state index contributed by atoms with van der Waals surface area (Å²) in [7, 11) is 1.80. The SMILES string of the molecule is CCN(CC)CCCC(C)NC(=NC)NCc1cccnc1OCc1ccccc1.I. The third-order valence-corrected chi connectivity index (χ3v) is 5.13. The van der Waals surface area contributed by atoms with Crippen molar-refractivity contribution in [3.63, 3.8) is 0 Å². The molecule has 0 amide bonds. The fourth-order valence-electron chi connectivity index (χ4n) is 3.25. The molecule has 1 heterocycles. The Morgan fingerprint density at radius 3 is 2.55 bits per heavy atom. The molecule has 2 N–H and O–H groups in total. The number of hydrogen-bond donors (Lipinski definition) is 2. The van der Waals surface area contributed by atoms with Gasteiger partial charge in [0.2, 0.25) is 5.88 Å². The van der Waals surface area contributed by atoms with E-state index in [0.29, 0.717) is 25.1 Å². The number of hydrogen-bond acceptors (Lipinski definition) is 4. The first-order valence-corrected chi connectivity index (χ1v) is 11.0. The van der Waals surface area contributed by atoms with Gasteiger partial charge in [0.15, 0.2) is 5.96 Å². The topological polar surface area (TPSA) is 61.8 Å². The highest BCUT2D eigenvalue weighted by molar-refractivity contribution is 14.0. The molecule has 1 aromatic heterocycles. The second kappa shape index (κ2) is 15.9. The Labute approximate surface area is 204 Å². The van der Waals surface area contributed by atoms with E-state index < -0.39 is 0 Å². The minimum atomic E-state index is 0. The Morgan fingerprint density at radius 2 is 1.87 bits per heavy atom. The maximum atomic E-state index is 5.95. The molecule has 0 saturated carbocycles. The van der Waals surface area contributed by atoms with Crippen molar-refractivity contribution in [3.05, 3.63) is 59.8 Å². The van der Waals surface area contributed by atoms with Crippen molar-refractivity contribution >= 4 is 29.9 Å². The molecular formula is C24H38IN5O. The molecule has 0 spiro atoms. The number of pyridine rings is 1. The van der Waals surface area contributed by atoms with E-state index in [1.165, 1.54) is 6.42 Å². The van der Waals surface area contributed by atoms with Crippen molar-refractivity contribution in [2.24, 2.45) is 4.99 Å².